The molecule has 0 saturated heterocycles. The van der Waals surface area contributed by atoms with Crippen LogP contribution in [0.25, 0.3) is 0 Å². The van der Waals surface area contributed by atoms with Gasteiger partial charge in [0.2, 0.25) is 0 Å². The maximum atomic E-state index is 12.3. The summed E-state index contributed by atoms with van der Waals surface area (Å²) in [6.07, 6.45) is 2.03. The van der Waals surface area contributed by atoms with Gasteiger partial charge in [-0.1, -0.05) is 36.5 Å². The minimum Gasteiger partial charge on any atom is -0.396 e. The molecule has 18 heavy (non-hydrogen) atoms. The van der Waals surface area contributed by atoms with Gasteiger partial charge in [-0.15, -0.1) is 0 Å². The molecule has 0 spiro atoms. The summed E-state index contributed by atoms with van der Waals surface area (Å²) >= 11 is 11.9. The van der Waals surface area contributed by atoms with Crippen LogP contribution in [0.2, 0.25) is 10.0 Å². The fourth-order valence-corrected chi connectivity index (χ4v) is 2.13. The lowest BCUT2D eigenvalue weighted by Gasteiger charge is -2.21. The third kappa shape index (κ3) is 3.53. The Kier molecular flexibility index (Phi) is 5.76. The number of halogens is 2. The second-order valence-corrected chi connectivity index (χ2v) is 4.91. The van der Waals surface area contributed by atoms with E-state index >= 15 is 0 Å². The van der Waals surface area contributed by atoms with E-state index in [2.05, 4.69) is 6.92 Å². The molecule has 1 amide bonds. The number of nitrogen functional groups attached to an aromatic ring is 1. The summed E-state index contributed by atoms with van der Waals surface area (Å²) in [6.45, 7) is 5.45. The molecule has 0 heterocycles. The van der Waals surface area contributed by atoms with E-state index in [0.717, 1.165) is 19.4 Å². The standard InChI is InChI=1S/C13H18Cl2N2O/c1-3-5-6-17(4-2)13(18)9-7-10(14)12(16)11(15)8-9/h7-8H,3-6,16H2,1-2H3. The van der Waals surface area contributed by atoms with Gasteiger partial charge in [0.1, 0.15) is 0 Å². The molecule has 3 nitrogen and oxygen atoms in total. The number of amides is 1. The molecular formula is C13H18Cl2N2O. The first-order chi connectivity index (χ1) is 8.51. The van der Waals surface area contributed by atoms with Gasteiger partial charge in [0.25, 0.3) is 5.91 Å². The monoisotopic (exact) mass is 288 g/mol. The van der Waals surface area contributed by atoms with E-state index in [9.17, 15) is 4.79 Å². The number of nitrogens with zero attached hydrogens (tertiary/aromatic N) is 1. The summed E-state index contributed by atoms with van der Waals surface area (Å²) in [6, 6.07) is 3.14. The van der Waals surface area contributed by atoms with Crippen LogP contribution in [0.4, 0.5) is 5.69 Å². The van der Waals surface area contributed by atoms with Crippen molar-refractivity contribution in [3.63, 3.8) is 0 Å². The summed E-state index contributed by atoms with van der Waals surface area (Å²) in [4.78, 5) is 14.0. The number of nitrogens with two attached hydrogens (primary N) is 1. The fourth-order valence-electron chi connectivity index (χ4n) is 1.64. The van der Waals surface area contributed by atoms with Crippen LogP contribution in [0.3, 0.4) is 0 Å². The van der Waals surface area contributed by atoms with Crippen molar-refractivity contribution in [3.8, 4) is 0 Å². The number of rotatable bonds is 5. The van der Waals surface area contributed by atoms with Crippen molar-refractivity contribution >= 4 is 34.8 Å². The van der Waals surface area contributed by atoms with Crippen LogP contribution >= 0.6 is 23.2 Å². The van der Waals surface area contributed by atoms with Crippen molar-refractivity contribution < 1.29 is 4.79 Å². The highest BCUT2D eigenvalue weighted by Gasteiger charge is 2.16. The van der Waals surface area contributed by atoms with Gasteiger partial charge in [0.15, 0.2) is 0 Å². The molecule has 2 N–H and O–H groups in total. The quantitative estimate of drug-likeness (QED) is 0.837. The maximum absolute atomic E-state index is 12.3. The van der Waals surface area contributed by atoms with Gasteiger partial charge in [0, 0.05) is 18.7 Å². The molecule has 0 unspecified atom stereocenters. The number of benzene rings is 1. The minimum absolute atomic E-state index is 0.0604. The maximum Gasteiger partial charge on any atom is 0.253 e. The van der Waals surface area contributed by atoms with Crippen LogP contribution in [0.5, 0.6) is 0 Å². The van der Waals surface area contributed by atoms with Crippen LogP contribution in [0, 0.1) is 0 Å². The van der Waals surface area contributed by atoms with Crippen LogP contribution in [0.1, 0.15) is 37.0 Å². The van der Waals surface area contributed by atoms with Crippen molar-refractivity contribution in [2.24, 2.45) is 0 Å². The molecule has 0 fully saturated rings. The SMILES string of the molecule is CCCCN(CC)C(=O)c1cc(Cl)c(N)c(Cl)c1. The summed E-state index contributed by atoms with van der Waals surface area (Å²) in [5.74, 6) is -0.0604. The third-order valence-electron chi connectivity index (χ3n) is 2.78. The number of unbranched alkanes of at least 4 members (excludes halogenated alkanes) is 1. The van der Waals surface area contributed by atoms with Crippen molar-refractivity contribution in [2.45, 2.75) is 26.7 Å². The second-order valence-electron chi connectivity index (χ2n) is 4.09. The predicted molar refractivity (Wildman–Crippen MR) is 77.4 cm³/mol. The lowest BCUT2D eigenvalue weighted by molar-refractivity contribution is 0.0762. The van der Waals surface area contributed by atoms with Crippen LogP contribution < -0.4 is 5.73 Å². The smallest absolute Gasteiger partial charge is 0.253 e. The van der Waals surface area contributed by atoms with E-state index in [-0.39, 0.29) is 5.91 Å². The first kappa shape index (κ1) is 15.1. The van der Waals surface area contributed by atoms with Gasteiger partial charge in [-0.3, -0.25) is 4.79 Å². The lowest BCUT2D eigenvalue weighted by Crippen LogP contribution is -2.31. The molecular weight excluding hydrogens is 271 g/mol. The van der Waals surface area contributed by atoms with Gasteiger partial charge < -0.3 is 10.6 Å². The summed E-state index contributed by atoms with van der Waals surface area (Å²) in [7, 11) is 0. The van der Waals surface area contributed by atoms with Crippen molar-refractivity contribution in [1.82, 2.24) is 4.90 Å². The Hall–Kier alpha value is -0.930. The zero-order valence-corrected chi connectivity index (χ0v) is 12.2. The molecule has 1 rings (SSSR count). The Morgan fingerprint density at radius 2 is 1.83 bits per heavy atom. The summed E-state index contributed by atoms with van der Waals surface area (Å²) < 4.78 is 0. The summed E-state index contributed by atoms with van der Waals surface area (Å²) in [5.41, 5.74) is 6.45. The largest absolute Gasteiger partial charge is 0.396 e. The van der Waals surface area contributed by atoms with Crippen LogP contribution in [-0.2, 0) is 0 Å². The second kappa shape index (κ2) is 6.86. The number of carbonyl (C=O) groups is 1. The zero-order valence-electron chi connectivity index (χ0n) is 10.7. The van der Waals surface area contributed by atoms with E-state index in [1.54, 1.807) is 17.0 Å². The normalized spacial score (nSPS) is 10.4. The predicted octanol–water partition coefficient (Wildman–Crippen LogP) is 3.84. The van der Waals surface area contributed by atoms with Gasteiger partial charge in [0.05, 0.1) is 15.7 Å². The zero-order chi connectivity index (χ0) is 13.7. The Balaban J connectivity index is 2.95. The van der Waals surface area contributed by atoms with Crippen molar-refractivity contribution in [2.75, 3.05) is 18.8 Å². The molecule has 100 valence electrons. The molecule has 0 radical (unpaired) electrons. The third-order valence-corrected chi connectivity index (χ3v) is 3.40. The molecule has 0 aliphatic rings. The highest BCUT2D eigenvalue weighted by molar-refractivity contribution is 6.39. The molecule has 0 aliphatic heterocycles. The number of anilines is 1. The van der Waals surface area contributed by atoms with Crippen molar-refractivity contribution in [1.29, 1.82) is 0 Å². The number of carbonyl (C=O) groups excluding carboxylic acids is 1. The van der Waals surface area contributed by atoms with Crippen LogP contribution in [0.15, 0.2) is 12.1 Å². The Labute approximate surface area is 118 Å². The average Bonchev–Trinajstić information content (AvgIpc) is 2.36. The van der Waals surface area contributed by atoms with E-state index in [0.29, 0.717) is 27.8 Å². The van der Waals surface area contributed by atoms with E-state index in [4.69, 9.17) is 28.9 Å². The van der Waals surface area contributed by atoms with E-state index < -0.39 is 0 Å². The topological polar surface area (TPSA) is 46.3 Å². The molecule has 5 heteroatoms. The number of hydrogen-bond acceptors (Lipinski definition) is 2. The lowest BCUT2D eigenvalue weighted by atomic mass is 10.1. The number of hydrogen-bond donors (Lipinski definition) is 1. The van der Waals surface area contributed by atoms with Crippen LogP contribution in [-0.4, -0.2) is 23.9 Å². The molecule has 0 aliphatic carbocycles. The molecule has 0 saturated carbocycles. The summed E-state index contributed by atoms with van der Waals surface area (Å²) in [5, 5.41) is 0.634. The van der Waals surface area contributed by atoms with Gasteiger partial charge in [-0.05, 0) is 25.5 Å². The molecule has 0 aromatic heterocycles. The Bertz CT molecular complexity index is 412. The van der Waals surface area contributed by atoms with Gasteiger partial charge in [-0.25, -0.2) is 0 Å². The highest BCUT2D eigenvalue weighted by Crippen LogP contribution is 2.29. The van der Waals surface area contributed by atoms with Gasteiger partial charge in [-0.2, -0.15) is 0 Å². The average molecular weight is 289 g/mol. The minimum atomic E-state index is -0.0604. The first-order valence-electron chi connectivity index (χ1n) is 6.05. The van der Waals surface area contributed by atoms with Crippen molar-refractivity contribution in [3.05, 3.63) is 27.7 Å². The molecule has 0 atom stereocenters. The van der Waals surface area contributed by atoms with E-state index in [1.807, 2.05) is 6.92 Å². The molecule has 1 aromatic carbocycles. The highest BCUT2D eigenvalue weighted by atomic mass is 35.5. The molecule has 0 bridgehead atoms. The Morgan fingerprint density at radius 1 is 1.28 bits per heavy atom. The first-order valence-corrected chi connectivity index (χ1v) is 6.80. The fraction of sp³-hybridized carbons (Fsp3) is 0.462. The van der Waals surface area contributed by atoms with E-state index in [1.165, 1.54) is 0 Å². The molecule has 1 aromatic rings. The Morgan fingerprint density at radius 3 is 2.28 bits per heavy atom. The van der Waals surface area contributed by atoms with Gasteiger partial charge >= 0.3 is 0 Å².